The maximum Gasteiger partial charge on any atom is 0.252 e. The Labute approximate surface area is 477 Å². The van der Waals surface area contributed by atoms with Gasteiger partial charge in [0.15, 0.2) is 0 Å². The molecule has 0 unspecified atom stereocenters. The van der Waals surface area contributed by atoms with E-state index >= 15 is 0 Å². The quantitative estimate of drug-likeness (QED) is 0.161. The molecule has 2 aliphatic heterocycles. The molecule has 0 N–H and O–H groups in total. The Kier molecular flexibility index (Phi) is 11.3. The number of anilines is 6. The molecular weight excluding hydrogens is 984 g/mol. The first-order valence-corrected chi connectivity index (χ1v) is 28.9. The lowest BCUT2D eigenvalue weighted by atomic mass is 9.33. The van der Waals surface area contributed by atoms with Gasteiger partial charge in [0.2, 0.25) is 0 Å². The second kappa shape index (κ2) is 18.0. The zero-order valence-corrected chi connectivity index (χ0v) is 48.8. The summed E-state index contributed by atoms with van der Waals surface area (Å²) in [5.41, 5.74) is 26.6. The minimum absolute atomic E-state index is 0.000964. The topological polar surface area (TPSA) is 32.8 Å². The van der Waals surface area contributed by atoms with Crippen LogP contribution in [0.1, 0.15) is 105 Å². The molecule has 4 heterocycles. The van der Waals surface area contributed by atoms with Gasteiger partial charge in [-0.1, -0.05) is 198 Å². The molecule has 10 aromatic carbocycles. The molecule has 12 aromatic rings. The van der Waals surface area contributed by atoms with Gasteiger partial charge in [-0.05, 0) is 179 Å². The number of rotatable bonds is 5. The van der Waals surface area contributed by atoms with Gasteiger partial charge in [-0.3, -0.25) is 0 Å². The number of hydrogen-bond donors (Lipinski definition) is 0. The van der Waals surface area contributed by atoms with Crippen molar-refractivity contribution in [1.82, 2.24) is 0 Å². The Bertz CT molecular complexity index is 4480. The van der Waals surface area contributed by atoms with Crippen LogP contribution in [0, 0.1) is 0 Å². The first-order chi connectivity index (χ1) is 38.6. The molecule has 2 aliphatic rings. The molecule has 14 rings (SSSR count). The van der Waals surface area contributed by atoms with E-state index < -0.39 is 0 Å². The third-order valence-corrected chi connectivity index (χ3v) is 17.5. The predicted octanol–water partition coefficient (Wildman–Crippen LogP) is 19.8. The molecule has 0 radical (unpaired) electrons. The summed E-state index contributed by atoms with van der Waals surface area (Å²) in [5, 5.41) is 4.47. The van der Waals surface area contributed by atoms with Crippen molar-refractivity contribution < 1.29 is 8.83 Å². The molecule has 0 amide bonds. The summed E-state index contributed by atoms with van der Waals surface area (Å²) < 4.78 is 12.8. The summed E-state index contributed by atoms with van der Waals surface area (Å²) >= 11 is 0. The van der Waals surface area contributed by atoms with Crippen LogP contribution in [-0.2, 0) is 21.7 Å². The minimum Gasteiger partial charge on any atom is -0.456 e. The van der Waals surface area contributed by atoms with E-state index in [4.69, 9.17) is 8.83 Å². The van der Waals surface area contributed by atoms with E-state index in [1.165, 1.54) is 61.1 Å². The van der Waals surface area contributed by atoms with Crippen LogP contribution in [0.4, 0.5) is 34.1 Å². The molecule has 0 atom stereocenters. The number of benzene rings is 10. The molecule has 0 bridgehead atoms. The van der Waals surface area contributed by atoms with E-state index in [2.05, 4.69) is 287 Å². The van der Waals surface area contributed by atoms with Gasteiger partial charge >= 0.3 is 0 Å². The molecule has 81 heavy (non-hydrogen) atoms. The fourth-order valence-electron chi connectivity index (χ4n) is 12.8. The van der Waals surface area contributed by atoms with Gasteiger partial charge in [-0.15, -0.1) is 0 Å². The molecule has 398 valence electrons. The molecule has 0 saturated carbocycles. The lowest BCUT2D eigenvalue weighted by molar-refractivity contribution is 0.569. The Hall–Kier alpha value is -8.54. The zero-order chi connectivity index (χ0) is 56.1. The van der Waals surface area contributed by atoms with Crippen molar-refractivity contribution in [2.75, 3.05) is 9.80 Å². The van der Waals surface area contributed by atoms with Crippen molar-refractivity contribution in [2.24, 2.45) is 0 Å². The highest BCUT2D eigenvalue weighted by Gasteiger charge is 2.44. The van der Waals surface area contributed by atoms with Gasteiger partial charge in [0, 0.05) is 55.7 Å². The van der Waals surface area contributed by atoms with E-state index in [0.29, 0.717) is 0 Å². The summed E-state index contributed by atoms with van der Waals surface area (Å²) in [6, 6.07) is 75.6. The minimum atomic E-state index is -0.0812. The first-order valence-electron chi connectivity index (χ1n) is 28.9. The molecule has 0 spiro atoms. The fourth-order valence-corrected chi connectivity index (χ4v) is 12.8. The standard InChI is InChI=1S/C76H69BN2O2/c1-73(2,3)52-26-31-57(32-27-52)78-64-34-28-53(74(4,5)6)45-63(64)77-62-33-23-49(47-24-35-70-60(39-47)58-17-13-15-19-68(58)80-70)41-65(62)79(56-29-21-46(22-30-56)50-37-54(75(7,8)9)44-55(38-50)76(10,11)12)67-43-51(42-66(78)72(67)77)48-25-36-71-61(40-48)59-18-14-16-20-69(59)81-71/h13-45H,1-12H3. The van der Waals surface area contributed by atoms with Gasteiger partial charge in [-0.25, -0.2) is 0 Å². The van der Waals surface area contributed by atoms with Crippen LogP contribution in [0.5, 0.6) is 0 Å². The smallest absolute Gasteiger partial charge is 0.252 e. The maximum absolute atomic E-state index is 6.45. The van der Waals surface area contributed by atoms with Crippen LogP contribution in [0.15, 0.2) is 209 Å². The monoisotopic (exact) mass is 1050 g/mol. The van der Waals surface area contributed by atoms with Crippen molar-refractivity contribution in [2.45, 2.75) is 105 Å². The van der Waals surface area contributed by atoms with Crippen molar-refractivity contribution in [1.29, 1.82) is 0 Å². The third-order valence-electron chi connectivity index (χ3n) is 17.5. The van der Waals surface area contributed by atoms with E-state index in [1.54, 1.807) is 0 Å². The predicted molar refractivity (Wildman–Crippen MR) is 346 cm³/mol. The Morgan fingerprint density at radius 3 is 1.25 bits per heavy atom. The molecule has 0 fully saturated rings. The zero-order valence-electron chi connectivity index (χ0n) is 48.8. The molecule has 5 heteroatoms. The third kappa shape index (κ3) is 8.50. The van der Waals surface area contributed by atoms with Gasteiger partial charge in [-0.2, -0.15) is 0 Å². The fraction of sp³-hybridized carbons (Fsp3) is 0.211. The number of fused-ring (bicyclic) bond motifs is 10. The van der Waals surface area contributed by atoms with Gasteiger partial charge in [0.25, 0.3) is 6.71 Å². The molecule has 0 saturated heterocycles. The van der Waals surface area contributed by atoms with E-state index in [1.807, 2.05) is 6.07 Å². The second-order valence-electron chi connectivity index (χ2n) is 27.1. The average Bonchev–Trinajstić information content (AvgIpc) is 4.17. The summed E-state index contributed by atoms with van der Waals surface area (Å²) in [6.07, 6.45) is 0. The molecule has 0 aliphatic carbocycles. The van der Waals surface area contributed by atoms with Crippen LogP contribution >= 0.6 is 0 Å². The van der Waals surface area contributed by atoms with Crippen LogP contribution in [0.2, 0.25) is 0 Å². The van der Waals surface area contributed by atoms with E-state index in [9.17, 15) is 0 Å². The normalized spacial score (nSPS) is 13.6. The Morgan fingerprint density at radius 1 is 0.284 bits per heavy atom. The first kappa shape index (κ1) is 50.7. The van der Waals surface area contributed by atoms with Crippen LogP contribution < -0.4 is 26.2 Å². The van der Waals surface area contributed by atoms with Gasteiger partial charge < -0.3 is 18.6 Å². The second-order valence-corrected chi connectivity index (χ2v) is 27.1. The highest BCUT2D eigenvalue weighted by molar-refractivity contribution is 7.00. The number of nitrogens with zero attached hydrogens (tertiary/aromatic N) is 2. The van der Waals surface area contributed by atoms with Gasteiger partial charge in [0.1, 0.15) is 22.3 Å². The number of furan rings is 2. The number of para-hydroxylation sites is 2. The van der Waals surface area contributed by atoms with E-state index in [-0.39, 0.29) is 28.4 Å². The molecule has 2 aromatic heterocycles. The Balaban J connectivity index is 1.06. The summed E-state index contributed by atoms with van der Waals surface area (Å²) in [4.78, 5) is 5.13. The SMILES string of the molecule is CC(C)(C)c1ccc(N2c3ccc(C(C)(C)C)cc3B3c4ccc(-c5ccc6oc7ccccc7c6c5)cc4N(c4ccc(-c5cc(C(C)(C)C)cc(C(C)(C)C)c5)cc4)c4cc(-c5ccc6oc7ccccc7c6c5)cc2c43)cc1. The van der Waals surface area contributed by atoms with Crippen molar-refractivity contribution in [3.8, 4) is 33.4 Å². The van der Waals surface area contributed by atoms with Crippen LogP contribution in [0.25, 0.3) is 77.3 Å². The van der Waals surface area contributed by atoms with Crippen molar-refractivity contribution in [3.63, 3.8) is 0 Å². The van der Waals surface area contributed by atoms with Gasteiger partial charge in [0.05, 0.1) is 0 Å². The maximum atomic E-state index is 6.45. The Morgan fingerprint density at radius 2 is 0.704 bits per heavy atom. The van der Waals surface area contributed by atoms with Crippen molar-refractivity contribution >= 4 is 101 Å². The summed E-state index contributed by atoms with van der Waals surface area (Å²) in [6.45, 7) is 27.7. The van der Waals surface area contributed by atoms with Crippen molar-refractivity contribution in [3.05, 3.63) is 222 Å². The van der Waals surface area contributed by atoms with Crippen LogP contribution in [-0.4, -0.2) is 6.71 Å². The molecular formula is C76H69BN2O2. The highest BCUT2D eigenvalue weighted by Crippen LogP contribution is 2.49. The van der Waals surface area contributed by atoms with E-state index in [0.717, 1.165) is 88.9 Å². The lowest BCUT2D eigenvalue weighted by Gasteiger charge is -2.45. The largest absolute Gasteiger partial charge is 0.456 e. The number of hydrogen-bond acceptors (Lipinski definition) is 4. The summed E-state index contributed by atoms with van der Waals surface area (Å²) in [5.74, 6) is 0. The van der Waals surface area contributed by atoms with Crippen LogP contribution in [0.3, 0.4) is 0 Å². The molecule has 4 nitrogen and oxygen atoms in total. The average molecular weight is 1050 g/mol. The highest BCUT2D eigenvalue weighted by atomic mass is 16.3. The lowest BCUT2D eigenvalue weighted by Crippen LogP contribution is -2.61. The summed E-state index contributed by atoms with van der Waals surface area (Å²) in [7, 11) is 0.